The Balaban J connectivity index is 1.37. The molecule has 3 aromatic heterocycles. The molecule has 0 aliphatic carbocycles. The average molecular weight is 498 g/mol. The van der Waals surface area contributed by atoms with E-state index in [4.69, 9.17) is 4.52 Å². The van der Waals surface area contributed by atoms with Gasteiger partial charge in [-0.1, -0.05) is 75.7 Å². The average Bonchev–Trinajstić information content (AvgIpc) is 3.48. The Morgan fingerprint density at radius 2 is 1.70 bits per heavy atom. The van der Waals surface area contributed by atoms with E-state index < -0.39 is 0 Å². The van der Waals surface area contributed by atoms with Crippen molar-refractivity contribution in [3.8, 4) is 22.6 Å². The van der Waals surface area contributed by atoms with E-state index in [2.05, 4.69) is 49.4 Å². The quantitative estimate of drug-likeness (QED) is 0.335. The minimum absolute atomic E-state index is 0.168. The number of aromatic nitrogens is 5. The monoisotopic (exact) mass is 497 g/mol. The fourth-order valence-electron chi connectivity index (χ4n) is 3.95. The van der Waals surface area contributed by atoms with Gasteiger partial charge in [-0.25, -0.2) is 4.52 Å². The number of rotatable bonds is 4. The molecule has 0 aliphatic heterocycles. The van der Waals surface area contributed by atoms with Gasteiger partial charge in [0.1, 0.15) is 12.1 Å². The number of hydrogen-bond acceptors (Lipinski definition) is 5. The van der Waals surface area contributed by atoms with Crippen molar-refractivity contribution >= 4 is 32.2 Å². The number of fused-ring (bicyclic) bond motifs is 2. The first kappa shape index (κ1) is 19.6. The minimum atomic E-state index is -0.183. The van der Waals surface area contributed by atoms with Crippen LogP contribution in [0.3, 0.4) is 0 Å². The lowest BCUT2D eigenvalue weighted by atomic mass is 10.0. The van der Waals surface area contributed by atoms with Gasteiger partial charge in [0, 0.05) is 28.0 Å². The molecule has 33 heavy (non-hydrogen) atoms. The van der Waals surface area contributed by atoms with Crippen LogP contribution < -0.4 is 5.56 Å². The summed E-state index contributed by atoms with van der Waals surface area (Å²) >= 11 is 3.50. The van der Waals surface area contributed by atoms with Gasteiger partial charge in [0.05, 0.1) is 5.69 Å². The lowest BCUT2D eigenvalue weighted by molar-refractivity contribution is 0.370. The third-order valence-electron chi connectivity index (χ3n) is 5.56. The summed E-state index contributed by atoms with van der Waals surface area (Å²) < 4.78 is 9.43. The molecule has 0 saturated heterocycles. The number of nitrogens with zero attached hydrogens (tertiary/aromatic N) is 5. The highest BCUT2D eigenvalue weighted by Gasteiger charge is 2.15. The normalized spacial score (nSPS) is 11.4. The number of hydrogen-bond donors (Lipinski definition) is 0. The summed E-state index contributed by atoms with van der Waals surface area (Å²) in [6.07, 6.45) is 3.44. The molecule has 3 aromatic carbocycles. The SMILES string of the molecule is O=c1c2cc(-c3cccc4ccccc34)nn2ccn1Cc1nc(-c2ccccc2Br)no1. The molecule has 0 bridgehead atoms. The molecule has 0 fully saturated rings. The number of halogens is 1. The predicted octanol–water partition coefficient (Wildman–Crippen LogP) is 5.18. The molecule has 160 valence electrons. The molecule has 0 unspecified atom stereocenters. The van der Waals surface area contributed by atoms with E-state index in [0.29, 0.717) is 17.2 Å². The largest absolute Gasteiger partial charge is 0.337 e. The topological polar surface area (TPSA) is 78.2 Å². The van der Waals surface area contributed by atoms with Gasteiger partial charge in [-0.05, 0) is 29.0 Å². The molecular weight excluding hydrogens is 482 g/mol. The van der Waals surface area contributed by atoms with Gasteiger partial charge in [0.2, 0.25) is 11.7 Å². The molecule has 6 rings (SSSR count). The van der Waals surface area contributed by atoms with Gasteiger partial charge in [-0.15, -0.1) is 0 Å². The van der Waals surface area contributed by atoms with Crippen molar-refractivity contribution in [2.45, 2.75) is 6.54 Å². The van der Waals surface area contributed by atoms with Crippen LogP contribution in [0.5, 0.6) is 0 Å². The Kier molecular flexibility index (Phi) is 4.66. The van der Waals surface area contributed by atoms with Crippen LogP contribution in [0.4, 0.5) is 0 Å². The van der Waals surface area contributed by atoms with E-state index >= 15 is 0 Å². The van der Waals surface area contributed by atoms with Gasteiger partial charge in [0.15, 0.2) is 0 Å². The van der Waals surface area contributed by atoms with Crippen molar-refractivity contribution in [2.24, 2.45) is 0 Å². The Hall–Kier alpha value is -4.04. The van der Waals surface area contributed by atoms with Crippen molar-refractivity contribution < 1.29 is 4.52 Å². The summed E-state index contributed by atoms with van der Waals surface area (Å²) in [6, 6.07) is 23.7. The molecule has 7 nitrogen and oxygen atoms in total. The molecule has 0 radical (unpaired) electrons. The molecule has 0 atom stereocenters. The lowest BCUT2D eigenvalue weighted by Crippen LogP contribution is -2.21. The highest BCUT2D eigenvalue weighted by atomic mass is 79.9. The van der Waals surface area contributed by atoms with E-state index in [-0.39, 0.29) is 12.1 Å². The van der Waals surface area contributed by atoms with Crippen molar-refractivity contribution in [1.29, 1.82) is 0 Å². The van der Waals surface area contributed by atoms with E-state index in [0.717, 1.165) is 32.1 Å². The smallest absolute Gasteiger partial charge is 0.277 e. The van der Waals surface area contributed by atoms with Crippen LogP contribution in [0.25, 0.3) is 38.9 Å². The zero-order chi connectivity index (χ0) is 22.4. The zero-order valence-electron chi connectivity index (χ0n) is 17.2. The van der Waals surface area contributed by atoms with Gasteiger partial charge in [-0.2, -0.15) is 10.1 Å². The van der Waals surface area contributed by atoms with Crippen molar-refractivity contribution in [3.05, 3.63) is 106 Å². The summed E-state index contributed by atoms with van der Waals surface area (Å²) in [5, 5.41) is 10.9. The molecule has 0 aliphatic rings. The Labute approximate surface area is 196 Å². The standard InChI is InChI=1S/C25H16BrN5O2/c26-20-11-4-3-9-19(20)24-27-23(33-29-24)15-30-12-13-31-22(25(30)32)14-21(28-31)18-10-5-7-16-6-1-2-8-17(16)18/h1-14H,15H2. The molecule has 0 N–H and O–H groups in total. The first-order valence-electron chi connectivity index (χ1n) is 10.3. The fourth-order valence-corrected chi connectivity index (χ4v) is 4.41. The molecule has 0 spiro atoms. The van der Waals surface area contributed by atoms with Gasteiger partial charge in [0.25, 0.3) is 5.56 Å². The molecule has 8 heteroatoms. The van der Waals surface area contributed by atoms with Crippen LogP contribution in [-0.4, -0.2) is 24.3 Å². The Morgan fingerprint density at radius 1 is 0.909 bits per heavy atom. The second kappa shape index (κ2) is 7.83. The van der Waals surface area contributed by atoms with E-state index in [1.807, 2.05) is 54.6 Å². The van der Waals surface area contributed by atoms with Gasteiger partial charge >= 0.3 is 0 Å². The lowest BCUT2D eigenvalue weighted by Gasteiger charge is -2.03. The van der Waals surface area contributed by atoms with Crippen LogP contribution in [0.2, 0.25) is 0 Å². The Bertz CT molecular complexity index is 1690. The maximum atomic E-state index is 13.2. The first-order valence-corrected chi connectivity index (χ1v) is 11.1. The summed E-state index contributed by atoms with van der Waals surface area (Å²) in [4.78, 5) is 17.6. The molecule has 0 saturated carbocycles. The van der Waals surface area contributed by atoms with Crippen LogP contribution in [0, 0.1) is 0 Å². The van der Waals surface area contributed by atoms with Crippen LogP contribution in [0.15, 0.2) is 99.0 Å². The van der Waals surface area contributed by atoms with Gasteiger partial charge < -0.3 is 9.09 Å². The summed E-state index contributed by atoms with van der Waals surface area (Å²) in [6.45, 7) is 0.168. The highest BCUT2D eigenvalue weighted by molar-refractivity contribution is 9.10. The maximum Gasteiger partial charge on any atom is 0.277 e. The summed E-state index contributed by atoms with van der Waals surface area (Å²) in [5.41, 5.74) is 2.85. The van der Waals surface area contributed by atoms with Crippen molar-refractivity contribution in [3.63, 3.8) is 0 Å². The third kappa shape index (κ3) is 3.44. The summed E-state index contributed by atoms with van der Waals surface area (Å²) in [7, 11) is 0. The van der Waals surface area contributed by atoms with Crippen LogP contribution in [-0.2, 0) is 6.54 Å². The maximum absolute atomic E-state index is 13.2. The third-order valence-corrected chi connectivity index (χ3v) is 6.25. The van der Waals surface area contributed by atoms with Crippen molar-refractivity contribution in [2.75, 3.05) is 0 Å². The van der Waals surface area contributed by atoms with E-state index in [9.17, 15) is 4.79 Å². The van der Waals surface area contributed by atoms with E-state index in [1.54, 1.807) is 21.5 Å². The minimum Gasteiger partial charge on any atom is -0.337 e. The molecule has 6 aromatic rings. The first-order chi connectivity index (χ1) is 16.2. The second-order valence-electron chi connectivity index (χ2n) is 7.61. The Morgan fingerprint density at radius 3 is 2.61 bits per heavy atom. The summed E-state index contributed by atoms with van der Waals surface area (Å²) in [5.74, 6) is 0.815. The molecule has 0 amide bonds. The molecular formula is C25H16BrN5O2. The highest BCUT2D eigenvalue weighted by Crippen LogP contribution is 2.28. The van der Waals surface area contributed by atoms with Gasteiger partial charge in [-0.3, -0.25) is 4.79 Å². The van der Waals surface area contributed by atoms with Crippen molar-refractivity contribution in [1.82, 2.24) is 24.3 Å². The molecule has 3 heterocycles. The fraction of sp³-hybridized carbons (Fsp3) is 0.0400. The number of benzene rings is 3. The zero-order valence-corrected chi connectivity index (χ0v) is 18.8. The van der Waals surface area contributed by atoms with Crippen LogP contribution in [0.1, 0.15) is 5.89 Å². The second-order valence-corrected chi connectivity index (χ2v) is 8.46. The van der Waals surface area contributed by atoms with Crippen LogP contribution >= 0.6 is 15.9 Å². The van der Waals surface area contributed by atoms with E-state index in [1.165, 1.54) is 0 Å². The predicted molar refractivity (Wildman–Crippen MR) is 129 cm³/mol.